The number of rotatable bonds is 47. The molecule has 1 aliphatic heterocycles. The molecule has 39 heteroatoms. The molecule has 1 rings (SSSR count). The van der Waals surface area contributed by atoms with Gasteiger partial charge in [-0.25, -0.2) is 4.79 Å². The Kier molecular flexibility index (Phi) is 40.2. The summed E-state index contributed by atoms with van der Waals surface area (Å²) in [6.45, 7) is 17.1. The highest BCUT2D eigenvalue weighted by Gasteiger charge is 2.42. The summed E-state index contributed by atoms with van der Waals surface area (Å²) in [6, 6.07) is -19.0. The van der Waals surface area contributed by atoms with Gasteiger partial charge in [0, 0.05) is 13.0 Å². The van der Waals surface area contributed by atoms with E-state index in [1.807, 2.05) is 5.32 Å². The molecule has 1 saturated heterocycles. The van der Waals surface area contributed by atoms with Gasteiger partial charge in [-0.2, -0.15) is 0 Å². The number of nitrogens with zero attached hydrogens (tertiary/aromatic N) is 1. The Balaban J connectivity index is 3.23. The normalized spacial score (nSPS) is 16.8. The minimum atomic E-state index is -1.80. The van der Waals surface area contributed by atoms with Gasteiger partial charge in [0.1, 0.15) is 78.5 Å². The smallest absolute Gasteiger partial charge is 0.326 e. The molecule has 0 spiro atoms. The van der Waals surface area contributed by atoms with Crippen LogP contribution in [0.1, 0.15) is 160 Å². The van der Waals surface area contributed by atoms with Crippen LogP contribution in [0.3, 0.4) is 0 Å². The predicted molar refractivity (Wildman–Crippen MR) is 365 cm³/mol. The minimum Gasteiger partial charge on any atom is -0.481 e. The van der Waals surface area contributed by atoms with Crippen molar-refractivity contribution in [2.75, 3.05) is 26.2 Å². The first-order valence-corrected chi connectivity index (χ1v) is 34.2. The van der Waals surface area contributed by atoms with Crippen molar-refractivity contribution in [3.8, 4) is 0 Å². The van der Waals surface area contributed by atoms with Crippen LogP contribution >= 0.6 is 0 Å². The number of aliphatic hydroxyl groups excluding tert-OH is 1. The largest absolute Gasteiger partial charge is 0.481 e. The number of carbonyl (C=O) groups is 18. The van der Waals surface area contributed by atoms with E-state index in [0.29, 0.717) is 25.7 Å². The van der Waals surface area contributed by atoms with Gasteiger partial charge in [0.2, 0.25) is 88.6 Å². The molecule has 15 amide bonds. The van der Waals surface area contributed by atoms with Gasteiger partial charge in [0.15, 0.2) is 0 Å². The zero-order chi connectivity index (χ0) is 78.9. The van der Waals surface area contributed by atoms with Crippen LogP contribution in [-0.4, -0.2) is 243 Å². The van der Waals surface area contributed by atoms with E-state index < -0.39 is 235 Å². The number of unbranched alkanes of at least 4 members (excludes halogenated alkanes) is 1. The van der Waals surface area contributed by atoms with Crippen LogP contribution in [0.4, 0.5) is 0 Å². The monoisotopic (exact) mass is 1470 g/mol. The number of carboxylic acids is 3. The lowest BCUT2D eigenvalue weighted by Crippen LogP contribution is -2.61. The van der Waals surface area contributed by atoms with Crippen molar-refractivity contribution in [2.45, 2.75) is 245 Å². The van der Waals surface area contributed by atoms with Gasteiger partial charge < -0.3 is 112 Å². The highest BCUT2D eigenvalue weighted by molar-refractivity contribution is 6.01. The molecular formula is C64H109N17O22. The number of aliphatic carboxylic acids is 3. The van der Waals surface area contributed by atoms with Crippen molar-refractivity contribution in [3.63, 3.8) is 0 Å². The first kappa shape index (κ1) is 91.4. The molecule has 0 aromatic rings. The number of carbonyl (C=O) groups excluding carboxylic acids is 15. The third-order valence-corrected chi connectivity index (χ3v) is 16.4. The number of primary amides is 1. The molecule has 39 nitrogen and oxygen atoms in total. The number of nitrogens with one attached hydrogen (secondary N) is 13. The van der Waals surface area contributed by atoms with Crippen molar-refractivity contribution in [1.82, 2.24) is 74.0 Å². The van der Waals surface area contributed by atoms with Gasteiger partial charge in [0.05, 0.1) is 32.0 Å². The molecule has 0 radical (unpaired) electrons. The highest BCUT2D eigenvalue weighted by atomic mass is 16.4. The van der Waals surface area contributed by atoms with Crippen LogP contribution in [0.15, 0.2) is 0 Å². The van der Waals surface area contributed by atoms with E-state index in [4.69, 9.17) is 22.3 Å². The second kappa shape index (κ2) is 45.3. The number of amides is 15. The maximum Gasteiger partial charge on any atom is 0.326 e. The standard InChI is InChI=1S/C64H109N17O22/c1-13-32(8)50(80-59(97)40(24-30(4)5)74-55(93)38(19-20-47(86)87)72-45(84)27-66)61(99)68-28-46(85)78-51(36(12)82)62(100)76-39(23-29(2)3)58(96)75-41(25-44(67)83)57(95)70-33(9)52(90)69-34(10)53(91)73-37(17-14-15-21-65)56(94)79-49(31(6)7)63(101)81-22-16-18-43(81)60(98)71-35(11)54(92)77-42(64(102)103)26-48(88)89/h29-43,49-51,82H,13-28,65-66H2,1-12H3,(H2,67,83)(H,68,99)(H,69,90)(H,70,95)(H,71,98)(H,72,84)(H,73,91)(H,74,93)(H,75,96)(H,76,100)(H,77,92)(H,78,85)(H,79,94)(H,80,97)(H,86,87)(H,88,89)(H,102,103)/t32-,33-,34-,35-,36+,37-,38-,39-,40-,41-,42-,43-,49-,50-,51-/m0/s1. The van der Waals surface area contributed by atoms with E-state index in [0.717, 1.165) is 6.92 Å². The van der Waals surface area contributed by atoms with Crippen molar-refractivity contribution < 1.29 is 107 Å². The van der Waals surface area contributed by atoms with E-state index in [1.165, 1.54) is 25.7 Å². The first-order chi connectivity index (χ1) is 48.0. The Morgan fingerprint density at radius 1 is 0.466 bits per heavy atom. The maximum atomic E-state index is 14.2. The first-order valence-electron chi connectivity index (χ1n) is 34.2. The zero-order valence-corrected chi connectivity index (χ0v) is 60.5. The van der Waals surface area contributed by atoms with E-state index in [1.54, 1.807) is 55.4 Å². The van der Waals surface area contributed by atoms with Gasteiger partial charge in [-0.05, 0) is 109 Å². The van der Waals surface area contributed by atoms with Crippen molar-refractivity contribution in [1.29, 1.82) is 0 Å². The summed E-state index contributed by atoms with van der Waals surface area (Å²) in [5.41, 5.74) is 16.6. The predicted octanol–water partition coefficient (Wildman–Crippen LogP) is -6.47. The SMILES string of the molecule is CC[C@H](C)[C@H](NC(=O)[C@H](CC(C)C)NC(=O)[C@H](CCC(=O)O)NC(=O)CN)C(=O)NCC(=O)N[C@H](C(=O)N[C@@H](CC(C)C)C(=O)N[C@@H](CC(N)=O)C(=O)N[C@@H](C)C(=O)N[C@@H](C)C(=O)N[C@@H](CCCCN)C(=O)N[C@H](C(=O)N1CCC[C@H]1C(=O)N[C@@H](C)C(=O)N[C@@H](CC(=O)O)C(=O)O)C(C)C)[C@@H](C)O. The van der Waals surface area contributed by atoms with Gasteiger partial charge in [0.25, 0.3) is 0 Å². The molecule has 23 N–H and O–H groups in total. The van der Waals surface area contributed by atoms with Crippen LogP contribution in [-0.2, 0) is 86.3 Å². The molecule has 0 aromatic carbocycles. The van der Waals surface area contributed by atoms with E-state index >= 15 is 0 Å². The topological polar surface area (TPSA) is 626 Å². The van der Waals surface area contributed by atoms with E-state index in [2.05, 4.69) is 63.8 Å². The average molecular weight is 1470 g/mol. The molecule has 0 saturated carbocycles. The van der Waals surface area contributed by atoms with Crippen molar-refractivity contribution in [3.05, 3.63) is 0 Å². The number of likely N-dealkylation sites (tertiary alicyclic amines) is 1. The number of carboxylic acid groups (broad SMARTS) is 3. The van der Waals surface area contributed by atoms with Gasteiger partial charge in [-0.1, -0.05) is 61.8 Å². The van der Waals surface area contributed by atoms with Crippen LogP contribution in [0.5, 0.6) is 0 Å². The molecule has 0 unspecified atom stereocenters. The molecule has 1 fully saturated rings. The second-order valence-corrected chi connectivity index (χ2v) is 26.7. The lowest BCUT2D eigenvalue weighted by atomic mass is 9.96. The molecule has 582 valence electrons. The zero-order valence-electron chi connectivity index (χ0n) is 60.5. The minimum absolute atomic E-state index is 0.0122. The summed E-state index contributed by atoms with van der Waals surface area (Å²) < 4.78 is 0. The molecule has 0 aliphatic carbocycles. The number of hydrogen-bond donors (Lipinski definition) is 20. The Bertz CT molecular complexity index is 3010. The molecular weight excluding hydrogens is 1360 g/mol. The van der Waals surface area contributed by atoms with Crippen LogP contribution in [0.25, 0.3) is 0 Å². The molecule has 0 bridgehead atoms. The maximum absolute atomic E-state index is 14.2. The fraction of sp³-hybridized carbons (Fsp3) is 0.719. The number of aliphatic hydroxyl groups is 1. The molecule has 15 atom stereocenters. The lowest BCUT2D eigenvalue weighted by Gasteiger charge is -2.32. The Hall–Kier alpha value is -9.66. The summed E-state index contributed by atoms with van der Waals surface area (Å²) in [5.74, 6) is -20.2. The third-order valence-electron chi connectivity index (χ3n) is 16.4. The fourth-order valence-corrected chi connectivity index (χ4v) is 10.4. The highest BCUT2D eigenvalue weighted by Crippen LogP contribution is 2.22. The van der Waals surface area contributed by atoms with Gasteiger partial charge in [-0.3, -0.25) is 81.5 Å². The molecule has 1 aliphatic rings. The van der Waals surface area contributed by atoms with E-state index in [9.17, 15) is 102 Å². The number of nitrogens with two attached hydrogens (primary N) is 3. The van der Waals surface area contributed by atoms with Crippen LogP contribution in [0, 0.1) is 23.7 Å². The third kappa shape index (κ3) is 32.9. The Morgan fingerprint density at radius 3 is 1.43 bits per heavy atom. The van der Waals surface area contributed by atoms with Gasteiger partial charge in [-0.15, -0.1) is 0 Å². The van der Waals surface area contributed by atoms with Gasteiger partial charge >= 0.3 is 17.9 Å². The summed E-state index contributed by atoms with van der Waals surface area (Å²) in [4.78, 5) is 237. The summed E-state index contributed by atoms with van der Waals surface area (Å²) in [6.07, 6.45) is -2.95. The molecule has 0 aromatic heterocycles. The lowest BCUT2D eigenvalue weighted by molar-refractivity contribution is -0.147. The van der Waals surface area contributed by atoms with Crippen LogP contribution in [0.2, 0.25) is 0 Å². The summed E-state index contributed by atoms with van der Waals surface area (Å²) in [7, 11) is 0. The molecule has 1 heterocycles. The second-order valence-electron chi connectivity index (χ2n) is 26.7. The molecule has 103 heavy (non-hydrogen) atoms. The Morgan fingerprint density at radius 2 is 0.932 bits per heavy atom. The number of hydrogen-bond acceptors (Lipinski definition) is 21. The van der Waals surface area contributed by atoms with Crippen LogP contribution < -0.4 is 86.3 Å². The average Bonchev–Trinajstić information content (AvgIpc) is 1.74. The fourth-order valence-electron chi connectivity index (χ4n) is 10.4. The summed E-state index contributed by atoms with van der Waals surface area (Å²) >= 11 is 0. The summed E-state index contributed by atoms with van der Waals surface area (Å²) in [5, 5.41) is 69.6. The van der Waals surface area contributed by atoms with E-state index in [-0.39, 0.29) is 57.0 Å². The van der Waals surface area contributed by atoms with Crippen molar-refractivity contribution >= 4 is 107 Å². The Labute approximate surface area is 597 Å². The van der Waals surface area contributed by atoms with Crippen molar-refractivity contribution in [2.24, 2.45) is 40.9 Å². The quantitative estimate of drug-likeness (QED) is 0.0252.